The van der Waals surface area contributed by atoms with E-state index in [9.17, 15) is 0 Å². The summed E-state index contributed by atoms with van der Waals surface area (Å²) in [4.78, 5) is 22.0. The van der Waals surface area contributed by atoms with Gasteiger partial charge in [-0.25, -0.2) is 9.71 Å². The maximum absolute atomic E-state index is 8.00. The van der Waals surface area contributed by atoms with Crippen molar-refractivity contribution in [3.63, 3.8) is 0 Å². The Morgan fingerprint density at radius 3 is 2.08 bits per heavy atom. The normalized spacial score (nSPS) is 9.70. The summed E-state index contributed by atoms with van der Waals surface area (Å²) in [6.07, 6.45) is 0.886. The average molecular weight is 542 g/mol. The van der Waals surface area contributed by atoms with Gasteiger partial charge in [0.05, 0.1) is 16.3 Å². The van der Waals surface area contributed by atoms with E-state index in [1.807, 2.05) is 79.4 Å². The third-order valence-corrected chi connectivity index (χ3v) is 6.35. The van der Waals surface area contributed by atoms with Crippen molar-refractivity contribution in [1.29, 1.82) is 0 Å². The van der Waals surface area contributed by atoms with E-state index in [-0.39, 0.29) is 6.04 Å². The summed E-state index contributed by atoms with van der Waals surface area (Å²) in [5, 5.41) is 1.11. The van der Waals surface area contributed by atoms with Crippen molar-refractivity contribution in [1.82, 2.24) is 9.71 Å². The lowest BCUT2D eigenvalue weighted by atomic mass is 10.0. The highest BCUT2D eigenvalue weighted by Gasteiger charge is 2.17. The minimum Gasteiger partial charge on any atom is -0.399 e. The first-order valence-electron chi connectivity index (χ1n) is 12.4. The largest absolute Gasteiger partial charge is 0.399 e. The van der Waals surface area contributed by atoms with Crippen molar-refractivity contribution >= 4 is 52.8 Å². The average Bonchev–Trinajstić information content (AvgIpc) is 3.41. The topological polar surface area (TPSA) is 85.1 Å². The molecule has 1 unspecified atom stereocenters. The quantitative estimate of drug-likeness (QED) is 0.188. The molecule has 0 amide bonds. The molecule has 202 valence electrons. The number of anilines is 1. The SMILES string of the molecule is C=O.C=O.CC.CC.CC.Cc1cccc(CC(NSc2cccc(N)c2)c2nc3ccccc3s2)c1. The number of nitrogens with two attached hydrogens (primary N) is 1. The van der Waals surface area contributed by atoms with Gasteiger partial charge in [-0.05, 0) is 61.2 Å². The summed E-state index contributed by atoms with van der Waals surface area (Å²) in [6.45, 7) is 18.1. The van der Waals surface area contributed by atoms with Crippen LogP contribution >= 0.6 is 23.3 Å². The van der Waals surface area contributed by atoms with Gasteiger partial charge in [0.2, 0.25) is 0 Å². The van der Waals surface area contributed by atoms with Crippen LogP contribution in [0, 0.1) is 6.92 Å². The maximum Gasteiger partial charge on any atom is 0.112 e. The molecule has 5 nitrogen and oxygen atoms in total. The van der Waals surface area contributed by atoms with E-state index in [1.54, 1.807) is 23.3 Å². The van der Waals surface area contributed by atoms with Crippen LogP contribution < -0.4 is 10.5 Å². The van der Waals surface area contributed by atoms with E-state index in [2.05, 4.69) is 60.2 Å². The number of nitrogens with one attached hydrogen (secondary N) is 1. The second kappa shape index (κ2) is 23.4. The third-order valence-electron chi connectivity index (χ3n) is 4.31. The molecular formula is C30H43N3O2S2. The molecule has 3 N–H and O–H groups in total. The minimum atomic E-state index is 0.121. The minimum absolute atomic E-state index is 0.121. The number of nitrogen functional groups attached to an aromatic ring is 1. The Morgan fingerprint density at radius 1 is 0.865 bits per heavy atom. The van der Waals surface area contributed by atoms with Gasteiger partial charge in [-0.15, -0.1) is 11.3 Å². The predicted molar refractivity (Wildman–Crippen MR) is 165 cm³/mol. The molecule has 0 spiro atoms. The van der Waals surface area contributed by atoms with E-state index in [0.717, 1.165) is 27.5 Å². The zero-order valence-corrected chi connectivity index (χ0v) is 24.9. The highest BCUT2D eigenvalue weighted by Crippen LogP contribution is 2.31. The number of aromatic nitrogens is 1. The number of hydrogen-bond donors (Lipinski definition) is 2. The Balaban J connectivity index is 0. The molecule has 7 heteroatoms. The van der Waals surface area contributed by atoms with Crippen LogP contribution in [-0.2, 0) is 16.0 Å². The number of nitrogens with zero attached hydrogens (tertiary/aromatic N) is 1. The van der Waals surface area contributed by atoms with Crippen LogP contribution in [0.3, 0.4) is 0 Å². The molecule has 0 saturated carbocycles. The summed E-state index contributed by atoms with van der Waals surface area (Å²) >= 11 is 3.36. The molecule has 4 rings (SSSR count). The van der Waals surface area contributed by atoms with E-state index in [4.69, 9.17) is 20.3 Å². The van der Waals surface area contributed by atoms with Crippen molar-refractivity contribution in [2.75, 3.05) is 5.73 Å². The molecular weight excluding hydrogens is 498 g/mol. The van der Waals surface area contributed by atoms with Gasteiger partial charge in [0.1, 0.15) is 18.6 Å². The number of hydrogen-bond acceptors (Lipinski definition) is 7. The zero-order chi connectivity index (χ0) is 28.6. The summed E-state index contributed by atoms with van der Waals surface area (Å²) in [6, 6.07) is 25.0. The third kappa shape index (κ3) is 13.2. The molecule has 0 aliphatic carbocycles. The molecule has 1 heterocycles. The molecule has 1 atom stereocenters. The lowest BCUT2D eigenvalue weighted by molar-refractivity contribution is -0.0987. The van der Waals surface area contributed by atoms with Crippen LogP contribution in [-0.4, -0.2) is 18.6 Å². The zero-order valence-electron chi connectivity index (χ0n) is 23.3. The second-order valence-electron chi connectivity index (χ2n) is 6.56. The molecule has 4 aromatic rings. The van der Waals surface area contributed by atoms with Crippen LogP contribution in [0.25, 0.3) is 10.2 Å². The van der Waals surface area contributed by atoms with Crippen LogP contribution in [0.2, 0.25) is 0 Å². The maximum atomic E-state index is 8.00. The van der Waals surface area contributed by atoms with Gasteiger partial charge in [-0.2, -0.15) is 0 Å². The number of benzene rings is 3. The number of fused-ring (bicyclic) bond motifs is 1. The second-order valence-corrected chi connectivity index (χ2v) is 8.53. The molecule has 3 aromatic carbocycles. The number of carbonyl (C=O) groups excluding carboxylic acids is 2. The highest BCUT2D eigenvalue weighted by molar-refractivity contribution is 7.97. The number of thiazole rings is 1. The molecule has 37 heavy (non-hydrogen) atoms. The van der Waals surface area contributed by atoms with Crippen LogP contribution in [0.15, 0.2) is 77.7 Å². The van der Waals surface area contributed by atoms with E-state index in [0.29, 0.717) is 0 Å². The molecule has 1 aromatic heterocycles. The summed E-state index contributed by atoms with van der Waals surface area (Å²) < 4.78 is 4.84. The summed E-state index contributed by atoms with van der Waals surface area (Å²) in [7, 11) is 0. The number of rotatable bonds is 6. The lowest BCUT2D eigenvalue weighted by Crippen LogP contribution is -2.17. The fourth-order valence-electron chi connectivity index (χ4n) is 3.01. The Kier molecular flexibility index (Phi) is 22.9. The molecule has 0 saturated heterocycles. The number of para-hydroxylation sites is 1. The number of aryl methyl sites for hydroxylation is 1. The predicted octanol–water partition coefficient (Wildman–Crippen LogP) is 8.48. The van der Waals surface area contributed by atoms with Gasteiger partial charge in [-0.1, -0.05) is 89.6 Å². The molecule has 0 radical (unpaired) electrons. The van der Waals surface area contributed by atoms with E-state index in [1.165, 1.54) is 15.8 Å². The summed E-state index contributed by atoms with van der Waals surface area (Å²) in [5.74, 6) is 0. The monoisotopic (exact) mass is 541 g/mol. The molecule has 0 aliphatic rings. The lowest BCUT2D eigenvalue weighted by Gasteiger charge is -2.16. The van der Waals surface area contributed by atoms with Crippen molar-refractivity contribution in [3.05, 3.63) is 88.9 Å². The fraction of sp³-hybridized carbons (Fsp3) is 0.300. The van der Waals surface area contributed by atoms with Gasteiger partial charge in [-0.3, -0.25) is 0 Å². The fourth-order valence-corrected chi connectivity index (χ4v) is 4.92. The highest BCUT2D eigenvalue weighted by atomic mass is 32.2. The van der Waals surface area contributed by atoms with Gasteiger partial charge < -0.3 is 15.3 Å². The smallest absolute Gasteiger partial charge is 0.112 e. The van der Waals surface area contributed by atoms with Crippen molar-refractivity contribution in [3.8, 4) is 0 Å². The Hall–Kier alpha value is -3.00. The first kappa shape index (κ1) is 36.2. The van der Waals surface area contributed by atoms with Crippen molar-refractivity contribution in [2.24, 2.45) is 0 Å². The Labute approximate surface area is 232 Å². The van der Waals surface area contributed by atoms with E-state index < -0.39 is 0 Å². The van der Waals surface area contributed by atoms with Crippen molar-refractivity contribution in [2.45, 2.75) is 65.8 Å². The van der Waals surface area contributed by atoms with Gasteiger partial charge >= 0.3 is 0 Å². The van der Waals surface area contributed by atoms with Gasteiger partial charge in [0.15, 0.2) is 0 Å². The molecule has 0 aliphatic heterocycles. The molecule has 0 bridgehead atoms. The van der Waals surface area contributed by atoms with Crippen LogP contribution in [0.5, 0.6) is 0 Å². The van der Waals surface area contributed by atoms with E-state index >= 15 is 0 Å². The molecule has 0 fully saturated rings. The van der Waals surface area contributed by atoms with Gasteiger partial charge in [0.25, 0.3) is 0 Å². The van der Waals surface area contributed by atoms with Crippen LogP contribution in [0.4, 0.5) is 5.69 Å². The summed E-state index contributed by atoms with van der Waals surface area (Å²) in [5.41, 5.74) is 10.3. The standard InChI is InChI=1S/C22H21N3S2.3C2H6.2CH2O/c1-15-6-4-7-16(12-15)13-20(25-27-18-9-5-8-17(23)14-18)22-24-19-10-2-3-11-21(19)26-22;5*1-2/h2-12,14,20,25H,13,23H2,1H3;3*1-2H3;2*1H2. The first-order valence-corrected chi connectivity index (χ1v) is 14.1. The van der Waals surface area contributed by atoms with Crippen molar-refractivity contribution < 1.29 is 9.59 Å². The van der Waals surface area contributed by atoms with Crippen LogP contribution in [0.1, 0.15) is 63.7 Å². The van der Waals surface area contributed by atoms with Gasteiger partial charge in [0, 0.05) is 10.6 Å². The number of carbonyl (C=O) groups is 2. The Morgan fingerprint density at radius 2 is 1.49 bits per heavy atom. The first-order chi connectivity index (χ1) is 18.2. The Bertz CT molecular complexity index is 1070.